The van der Waals surface area contributed by atoms with Crippen molar-refractivity contribution in [2.75, 3.05) is 33.8 Å². The number of carbonyl (C=O) groups is 2. The Balaban J connectivity index is 1.11. The fraction of sp³-hybridized carbons (Fsp3) is 0.517. The summed E-state index contributed by atoms with van der Waals surface area (Å²) in [4.78, 5) is 30.0. The fourth-order valence-corrected chi connectivity index (χ4v) is 5.82. The van der Waals surface area contributed by atoms with Crippen molar-refractivity contribution in [2.45, 2.75) is 50.6 Å². The second kappa shape index (κ2) is 10.6. The molecule has 2 aromatic rings. The molecule has 5 rings (SSSR count). The second-order valence-electron chi connectivity index (χ2n) is 11.2. The average molecular weight is 528 g/mol. The third-order valence-electron chi connectivity index (χ3n) is 8.13. The van der Waals surface area contributed by atoms with Gasteiger partial charge in [-0.05, 0) is 99.8 Å². The molecule has 37 heavy (non-hydrogen) atoms. The fourth-order valence-electron chi connectivity index (χ4n) is 5.70. The zero-order valence-electron chi connectivity index (χ0n) is 21.5. The lowest BCUT2D eigenvalue weighted by Crippen LogP contribution is -2.56. The molecule has 0 radical (unpaired) electrons. The van der Waals surface area contributed by atoms with Crippen molar-refractivity contribution < 1.29 is 18.7 Å². The molecule has 2 saturated carbocycles. The summed E-state index contributed by atoms with van der Waals surface area (Å²) in [5.41, 5.74) is 1.41. The molecule has 1 spiro atoms. The molecular formula is C29H35ClFN3O3. The molecule has 6 nitrogen and oxygen atoms in total. The highest BCUT2D eigenvalue weighted by molar-refractivity contribution is 6.30. The van der Waals surface area contributed by atoms with E-state index >= 15 is 0 Å². The number of nitrogens with zero attached hydrogens (tertiary/aromatic N) is 2. The highest BCUT2D eigenvalue weighted by atomic mass is 35.5. The van der Waals surface area contributed by atoms with Crippen molar-refractivity contribution in [3.63, 3.8) is 0 Å². The first-order valence-corrected chi connectivity index (χ1v) is 13.5. The summed E-state index contributed by atoms with van der Waals surface area (Å²) in [5.74, 6) is 0.107. The smallest absolute Gasteiger partial charge is 0.251 e. The van der Waals surface area contributed by atoms with Crippen LogP contribution < -0.4 is 10.1 Å². The Hall–Kier alpha value is -2.64. The Bertz CT molecular complexity index is 1140. The lowest BCUT2D eigenvalue weighted by atomic mass is 9.60. The predicted molar refractivity (Wildman–Crippen MR) is 141 cm³/mol. The summed E-state index contributed by atoms with van der Waals surface area (Å²) in [5, 5.41) is 3.71. The third-order valence-corrected chi connectivity index (χ3v) is 8.38. The standard InChI is InChI=1S/C29H35ClFN3O3/c1-33(2)26(20-5-8-22(30)9-6-20)28(36)34-13-11-29(12-14-34)16-23(17-29)32-27(35)21-7-10-25(24(31)15-21)37-18-19-3-4-19/h5-10,15,19,23,26H,3-4,11-14,16-18H2,1-2H3,(H,32,35). The van der Waals surface area contributed by atoms with Gasteiger partial charge in [-0.25, -0.2) is 4.39 Å². The second-order valence-corrected chi connectivity index (χ2v) is 11.7. The van der Waals surface area contributed by atoms with Crippen LogP contribution in [0.15, 0.2) is 42.5 Å². The molecule has 2 aromatic carbocycles. The number of likely N-dealkylation sites (N-methyl/N-ethyl adjacent to an activating group) is 1. The molecule has 1 heterocycles. The summed E-state index contributed by atoms with van der Waals surface area (Å²) >= 11 is 6.04. The van der Waals surface area contributed by atoms with Crippen molar-refractivity contribution >= 4 is 23.4 Å². The predicted octanol–water partition coefficient (Wildman–Crippen LogP) is 5.07. The molecule has 0 aromatic heterocycles. The Kier molecular flexibility index (Phi) is 7.46. The molecule has 1 aliphatic heterocycles. The molecule has 3 aliphatic rings. The lowest BCUT2D eigenvalue weighted by Gasteiger charge is -2.52. The molecule has 198 valence electrons. The maximum Gasteiger partial charge on any atom is 0.251 e. The van der Waals surface area contributed by atoms with Gasteiger partial charge in [0, 0.05) is 29.7 Å². The summed E-state index contributed by atoms with van der Waals surface area (Å²) in [6.07, 6.45) is 5.90. The number of amides is 2. The molecule has 1 unspecified atom stereocenters. The highest BCUT2D eigenvalue weighted by Crippen LogP contribution is 2.49. The van der Waals surface area contributed by atoms with Crippen LogP contribution in [0.3, 0.4) is 0 Å². The topological polar surface area (TPSA) is 61.9 Å². The minimum atomic E-state index is -0.495. The minimum absolute atomic E-state index is 0.0761. The number of rotatable bonds is 8. The number of ether oxygens (including phenoxy) is 1. The number of hydrogen-bond acceptors (Lipinski definition) is 4. The molecule has 1 atom stereocenters. The van der Waals surface area contributed by atoms with E-state index in [2.05, 4.69) is 5.32 Å². The van der Waals surface area contributed by atoms with Gasteiger partial charge in [-0.3, -0.25) is 14.5 Å². The van der Waals surface area contributed by atoms with E-state index in [4.69, 9.17) is 16.3 Å². The van der Waals surface area contributed by atoms with Crippen LogP contribution in [0.1, 0.15) is 60.5 Å². The van der Waals surface area contributed by atoms with Crippen molar-refractivity contribution in [1.82, 2.24) is 15.1 Å². The molecule has 0 bridgehead atoms. The maximum absolute atomic E-state index is 14.4. The summed E-state index contributed by atoms with van der Waals surface area (Å²) in [7, 11) is 3.84. The van der Waals surface area contributed by atoms with Gasteiger partial charge in [0.15, 0.2) is 11.6 Å². The number of hydrogen-bond donors (Lipinski definition) is 1. The van der Waals surface area contributed by atoms with Crippen LogP contribution in [0, 0.1) is 17.2 Å². The van der Waals surface area contributed by atoms with Crippen LogP contribution in [0.4, 0.5) is 4.39 Å². The normalized spacial score (nSPS) is 20.0. The van der Waals surface area contributed by atoms with Gasteiger partial charge in [0.05, 0.1) is 6.61 Å². The Morgan fingerprint density at radius 3 is 2.41 bits per heavy atom. The molecule has 2 amide bonds. The van der Waals surface area contributed by atoms with E-state index in [9.17, 15) is 14.0 Å². The van der Waals surface area contributed by atoms with E-state index < -0.39 is 5.82 Å². The van der Waals surface area contributed by atoms with Crippen molar-refractivity contribution in [1.29, 1.82) is 0 Å². The Morgan fingerprint density at radius 2 is 1.81 bits per heavy atom. The largest absolute Gasteiger partial charge is 0.490 e. The maximum atomic E-state index is 14.4. The molecular weight excluding hydrogens is 493 g/mol. The number of piperidine rings is 1. The van der Waals surface area contributed by atoms with Crippen LogP contribution in [0.5, 0.6) is 5.75 Å². The van der Waals surface area contributed by atoms with Gasteiger partial charge in [0.1, 0.15) is 6.04 Å². The zero-order chi connectivity index (χ0) is 26.2. The van der Waals surface area contributed by atoms with E-state index in [1.165, 1.54) is 6.07 Å². The van der Waals surface area contributed by atoms with Gasteiger partial charge in [-0.1, -0.05) is 23.7 Å². The quantitative estimate of drug-likeness (QED) is 0.520. The van der Waals surface area contributed by atoms with E-state index in [1.807, 2.05) is 48.2 Å². The Labute approximate surface area is 223 Å². The van der Waals surface area contributed by atoms with E-state index in [0.29, 0.717) is 36.2 Å². The minimum Gasteiger partial charge on any atom is -0.490 e. The van der Waals surface area contributed by atoms with Crippen molar-refractivity contribution in [3.8, 4) is 5.75 Å². The summed E-state index contributed by atoms with van der Waals surface area (Å²) in [6.45, 7) is 1.96. The number of benzene rings is 2. The van der Waals surface area contributed by atoms with Gasteiger partial charge in [0.25, 0.3) is 5.91 Å². The van der Waals surface area contributed by atoms with Crippen molar-refractivity contribution in [3.05, 3.63) is 64.4 Å². The number of likely N-dealkylation sites (tertiary alicyclic amines) is 1. The molecule has 1 saturated heterocycles. The van der Waals surface area contributed by atoms with Gasteiger partial charge in [-0.15, -0.1) is 0 Å². The van der Waals surface area contributed by atoms with Crippen LogP contribution in [-0.4, -0.2) is 61.4 Å². The van der Waals surface area contributed by atoms with Gasteiger partial charge in [0.2, 0.25) is 5.91 Å². The van der Waals surface area contributed by atoms with Crippen LogP contribution in [0.2, 0.25) is 5.02 Å². The average Bonchev–Trinajstić information content (AvgIpc) is 3.68. The summed E-state index contributed by atoms with van der Waals surface area (Å²) < 4.78 is 19.9. The lowest BCUT2D eigenvalue weighted by molar-refractivity contribution is -0.140. The first-order chi connectivity index (χ1) is 17.7. The van der Waals surface area contributed by atoms with Crippen LogP contribution >= 0.6 is 11.6 Å². The SMILES string of the molecule is CN(C)C(C(=O)N1CCC2(CC1)CC(NC(=O)c1ccc(OCC3CC3)c(F)c1)C2)c1ccc(Cl)cc1. The summed E-state index contributed by atoms with van der Waals surface area (Å²) in [6, 6.07) is 11.6. The van der Waals surface area contributed by atoms with Gasteiger partial charge in [-0.2, -0.15) is 0 Å². The molecule has 2 aliphatic carbocycles. The van der Waals surface area contributed by atoms with Gasteiger partial charge < -0.3 is 15.0 Å². The number of carbonyl (C=O) groups excluding carboxylic acids is 2. The van der Waals surface area contributed by atoms with E-state index in [1.54, 1.807) is 12.1 Å². The first-order valence-electron chi connectivity index (χ1n) is 13.2. The van der Waals surface area contributed by atoms with Crippen LogP contribution in [0.25, 0.3) is 0 Å². The molecule has 1 N–H and O–H groups in total. The molecule has 8 heteroatoms. The first kappa shape index (κ1) is 26.0. The van der Waals surface area contributed by atoms with Crippen LogP contribution in [-0.2, 0) is 4.79 Å². The monoisotopic (exact) mass is 527 g/mol. The number of nitrogens with one attached hydrogen (secondary N) is 1. The molecule has 3 fully saturated rings. The zero-order valence-corrected chi connectivity index (χ0v) is 22.3. The number of halogens is 2. The Morgan fingerprint density at radius 1 is 1.14 bits per heavy atom. The van der Waals surface area contributed by atoms with E-state index in [0.717, 1.165) is 44.1 Å². The highest BCUT2D eigenvalue weighted by Gasteiger charge is 2.47. The van der Waals surface area contributed by atoms with Crippen molar-refractivity contribution in [2.24, 2.45) is 11.3 Å². The third kappa shape index (κ3) is 5.93. The van der Waals surface area contributed by atoms with E-state index in [-0.39, 0.29) is 35.1 Å². The van der Waals surface area contributed by atoms with Gasteiger partial charge >= 0.3 is 0 Å².